The van der Waals surface area contributed by atoms with Gasteiger partial charge in [-0.1, -0.05) is 35.9 Å². The predicted octanol–water partition coefficient (Wildman–Crippen LogP) is 3.06. The van der Waals surface area contributed by atoms with Crippen molar-refractivity contribution in [2.24, 2.45) is 0 Å². The van der Waals surface area contributed by atoms with Gasteiger partial charge in [-0.05, 0) is 24.3 Å². The van der Waals surface area contributed by atoms with Gasteiger partial charge < -0.3 is 15.2 Å². The maximum Gasteiger partial charge on any atom is 0.337 e. The van der Waals surface area contributed by atoms with Crippen molar-refractivity contribution >= 4 is 29.2 Å². The van der Waals surface area contributed by atoms with Crippen molar-refractivity contribution in [3.63, 3.8) is 0 Å². The first-order valence-corrected chi connectivity index (χ1v) is 6.45. The van der Waals surface area contributed by atoms with Crippen LogP contribution in [0.1, 0.15) is 10.4 Å². The molecule has 21 heavy (non-hydrogen) atoms. The fourth-order valence-electron chi connectivity index (χ4n) is 1.67. The highest BCUT2D eigenvalue weighted by Crippen LogP contribution is 2.23. The number of nitrogens with one attached hydrogen (secondary N) is 1. The lowest BCUT2D eigenvalue weighted by Crippen LogP contribution is -2.21. The Morgan fingerprint density at radius 2 is 1.76 bits per heavy atom. The fourth-order valence-corrected chi connectivity index (χ4v) is 1.86. The molecular weight excluding hydrogens is 294 g/mol. The summed E-state index contributed by atoms with van der Waals surface area (Å²) in [6.45, 7) is -0.266. The molecule has 0 spiro atoms. The quantitative estimate of drug-likeness (QED) is 0.890. The number of para-hydroxylation sites is 2. The number of carboxylic acid groups (broad SMARTS) is 1. The molecule has 108 valence electrons. The second-order valence-electron chi connectivity index (χ2n) is 4.12. The molecule has 6 heteroatoms. The van der Waals surface area contributed by atoms with E-state index < -0.39 is 11.9 Å². The highest BCUT2D eigenvalue weighted by molar-refractivity contribution is 6.32. The Hall–Kier alpha value is -2.53. The number of ether oxygens (including phenoxy) is 1. The minimum atomic E-state index is -1.11. The Bertz CT molecular complexity index is 672. The highest BCUT2D eigenvalue weighted by atomic mass is 35.5. The number of carbonyl (C=O) groups excluding carboxylic acids is 1. The predicted molar refractivity (Wildman–Crippen MR) is 79.0 cm³/mol. The summed E-state index contributed by atoms with van der Waals surface area (Å²) in [6.07, 6.45) is 0. The van der Waals surface area contributed by atoms with E-state index in [0.717, 1.165) is 0 Å². The van der Waals surface area contributed by atoms with Crippen LogP contribution in [0.2, 0.25) is 5.02 Å². The van der Waals surface area contributed by atoms with Gasteiger partial charge in [0.1, 0.15) is 5.75 Å². The molecule has 5 nitrogen and oxygen atoms in total. The van der Waals surface area contributed by atoms with Gasteiger partial charge in [0.25, 0.3) is 5.91 Å². The zero-order valence-corrected chi connectivity index (χ0v) is 11.6. The van der Waals surface area contributed by atoms with Gasteiger partial charge in [-0.3, -0.25) is 4.79 Å². The number of carboxylic acids is 1. The number of carbonyl (C=O) groups is 2. The Morgan fingerprint density at radius 3 is 2.48 bits per heavy atom. The molecule has 0 heterocycles. The van der Waals surface area contributed by atoms with Crippen LogP contribution >= 0.6 is 11.6 Å². The van der Waals surface area contributed by atoms with E-state index >= 15 is 0 Å². The first kappa shape index (κ1) is 14.9. The van der Waals surface area contributed by atoms with Crippen molar-refractivity contribution in [2.45, 2.75) is 0 Å². The summed E-state index contributed by atoms with van der Waals surface area (Å²) in [7, 11) is 0. The van der Waals surface area contributed by atoms with Gasteiger partial charge in [-0.15, -0.1) is 0 Å². The summed E-state index contributed by atoms with van der Waals surface area (Å²) in [6, 6.07) is 12.9. The third kappa shape index (κ3) is 3.97. The standard InChI is InChI=1S/C15H12ClNO4/c16-11-6-2-4-8-13(11)21-9-14(18)17-12-7-3-1-5-10(12)15(19)20/h1-8H,9H2,(H,17,18)(H,19,20). The van der Waals surface area contributed by atoms with Crippen LogP contribution < -0.4 is 10.1 Å². The van der Waals surface area contributed by atoms with Crippen LogP contribution in [0.3, 0.4) is 0 Å². The molecule has 2 aromatic rings. The molecule has 2 aromatic carbocycles. The van der Waals surface area contributed by atoms with Crippen molar-refractivity contribution in [2.75, 3.05) is 11.9 Å². The van der Waals surface area contributed by atoms with E-state index in [4.69, 9.17) is 21.4 Å². The van der Waals surface area contributed by atoms with E-state index in [-0.39, 0.29) is 17.9 Å². The smallest absolute Gasteiger partial charge is 0.337 e. The van der Waals surface area contributed by atoms with Gasteiger partial charge in [0, 0.05) is 0 Å². The molecule has 0 atom stereocenters. The Balaban J connectivity index is 2.00. The summed E-state index contributed by atoms with van der Waals surface area (Å²) in [5.41, 5.74) is 0.237. The summed E-state index contributed by atoms with van der Waals surface area (Å²) < 4.78 is 5.28. The van der Waals surface area contributed by atoms with Crippen LogP contribution in [0.15, 0.2) is 48.5 Å². The topological polar surface area (TPSA) is 75.6 Å². The minimum Gasteiger partial charge on any atom is -0.482 e. The number of aromatic carboxylic acids is 1. The fraction of sp³-hybridized carbons (Fsp3) is 0.0667. The molecule has 0 aliphatic heterocycles. The van der Waals surface area contributed by atoms with E-state index in [0.29, 0.717) is 10.8 Å². The van der Waals surface area contributed by atoms with Crippen LogP contribution in [0.5, 0.6) is 5.75 Å². The van der Waals surface area contributed by atoms with E-state index in [1.807, 2.05) is 0 Å². The third-order valence-electron chi connectivity index (χ3n) is 2.63. The summed E-state index contributed by atoms with van der Waals surface area (Å²) in [5.74, 6) is -1.19. The first-order chi connectivity index (χ1) is 10.1. The molecule has 0 aliphatic rings. The molecule has 0 fully saturated rings. The number of hydrogen-bond donors (Lipinski definition) is 2. The SMILES string of the molecule is O=C(COc1ccccc1Cl)Nc1ccccc1C(=O)O. The van der Waals surface area contributed by atoms with Crippen molar-refractivity contribution < 1.29 is 19.4 Å². The van der Waals surface area contributed by atoms with Crippen molar-refractivity contribution in [1.82, 2.24) is 0 Å². The molecule has 0 saturated heterocycles. The maximum atomic E-state index is 11.8. The highest BCUT2D eigenvalue weighted by Gasteiger charge is 2.12. The molecule has 0 radical (unpaired) electrons. The number of halogens is 1. The van der Waals surface area contributed by atoms with Crippen molar-refractivity contribution in [3.05, 3.63) is 59.1 Å². The number of benzene rings is 2. The average Bonchev–Trinajstić information content (AvgIpc) is 2.47. The van der Waals surface area contributed by atoms with E-state index in [1.54, 1.807) is 36.4 Å². The van der Waals surface area contributed by atoms with Crippen molar-refractivity contribution in [3.8, 4) is 5.75 Å². The van der Waals surface area contributed by atoms with Gasteiger partial charge >= 0.3 is 5.97 Å². The number of rotatable bonds is 5. The van der Waals surface area contributed by atoms with Gasteiger partial charge in [0.15, 0.2) is 6.61 Å². The van der Waals surface area contributed by atoms with Crippen LogP contribution in [-0.4, -0.2) is 23.6 Å². The zero-order chi connectivity index (χ0) is 15.2. The molecule has 0 aromatic heterocycles. The van der Waals surface area contributed by atoms with Gasteiger partial charge in [0.2, 0.25) is 0 Å². The molecule has 2 N–H and O–H groups in total. The van der Waals surface area contributed by atoms with Gasteiger partial charge in [-0.25, -0.2) is 4.79 Å². The number of hydrogen-bond acceptors (Lipinski definition) is 3. The van der Waals surface area contributed by atoms with E-state index in [2.05, 4.69) is 5.32 Å². The van der Waals surface area contributed by atoms with Gasteiger partial charge in [-0.2, -0.15) is 0 Å². The van der Waals surface area contributed by atoms with Crippen LogP contribution in [0.4, 0.5) is 5.69 Å². The molecule has 2 rings (SSSR count). The average molecular weight is 306 g/mol. The summed E-state index contributed by atoms with van der Waals surface area (Å²) >= 11 is 5.90. The summed E-state index contributed by atoms with van der Waals surface area (Å²) in [5, 5.41) is 11.9. The molecule has 0 unspecified atom stereocenters. The second-order valence-corrected chi connectivity index (χ2v) is 4.53. The number of amides is 1. The maximum absolute atomic E-state index is 11.8. The minimum absolute atomic E-state index is 0.0172. The normalized spacial score (nSPS) is 9.95. The Labute approximate surface area is 126 Å². The van der Waals surface area contributed by atoms with Crippen molar-refractivity contribution in [1.29, 1.82) is 0 Å². The Morgan fingerprint density at radius 1 is 1.10 bits per heavy atom. The molecule has 0 bridgehead atoms. The first-order valence-electron chi connectivity index (χ1n) is 6.07. The zero-order valence-electron chi connectivity index (χ0n) is 10.9. The molecular formula is C15H12ClNO4. The van der Waals surface area contributed by atoms with E-state index in [1.165, 1.54) is 12.1 Å². The monoisotopic (exact) mass is 305 g/mol. The molecule has 0 saturated carbocycles. The largest absolute Gasteiger partial charge is 0.482 e. The lowest BCUT2D eigenvalue weighted by atomic mass is 10.2. The van der Waals surface area contributed by atoms with Crippen LogP contribution in [0, 0.1) is 0 Å². The lowest BCUT2D eigenvalue weighted by molar-refractivity contribution is -0.118. The second kappa shape index (κ2) is 6.76. The third-order valence-corrected chi connectivity index (χ3v) is 2.94. The van der Waals surface area contributed by atoms with E-state index in [9.17, 15) is 9.59 Å². The van der Waals surface area contributed by atoms with Gasteiger partial charge in [0.05, 0.1) is 16.3 Å². The number of anilines is 1. The summed E-state index contributed by atoms with van der Waals surface area (Å²) in [4.78, 5) is 22.8. The Kier molecular flexibility index (Phi) is 4.79. The lowest BCUT2D eigenvalue weighted by Gasteiger charge is -2.10. The molecule has 0 aliphatic carbocycles. The van der Waals surface area contributed by atoms with Crippen LogP contribution in [0.25, 0.3) is 0 Å². The van der Waals surface area contributed by atoms with Crippen LogP contribution in [-0.2, 0) is 4.79 Å². The molecule has 1 amide bonds.